The van der Waals surface area contributed by atoms with Gasteiger partial charge < -0.3 is 5.73 Å². The van der Waals surface area contributed by atoms with Crippen LogP contribution < -0.4 is 10.5 Å². The van der Waals surface area contributed by atoms with E-state index in [2.05, 4.69) is 9.71 Å². The Kier molecular flexibility index (Phi) is 3.71. The molecule has 0 bridgehead atoms. The number of nitrogens with zero attached hydrogens (tertiary/aromatic N) is 1. The van der Waals surface area contributed by atoms with Crippen LogP contribution in [0, 0.1) is 13.8 Å². The molecular formula is C11H12ClN3O2S2. The van der Waals surface area contributed by atoms with Gasteiger partial charge in [-0.3, -0.25) is 4.72 Å². The van der Waals surface area contributed by atoms with Gasteiger partial charge in [0.25, 0.3) is 10.0 Å². The molecule has 0 atom stereocenters. The summed E-state index contributed by atoms with van der Waals surface area (Å²) < 4.78 is 27.0. The van der Waals surface area contributed by atoms with Gasteiger partial charge in [0.1, 0.15) is 0 Å². The molecule has 3 N–H and O–H groups in total. The van der Waals surface area contributed by atoms with Crippen molar-refractivity contribution in [2.45, 2.75) is 18.1 Å². The molecule has 102 valence electrons. The SMILES string of the molecule is Cc1ccc(NS(=O)(=O)c2sc(N)nc2C)c(Cl)c1. The Bertz CT molecular complexity index is 726. The predicted octanol–water partition coefficient (Wildman–Crippen LogP) is 2.80. The highest BCUT2D eigenvalue weighted by Crippen LogP contribution is 2.29. The molecule has 2 aromatic rings. The minimum absolute atomic E-state index is 0.0987. The van der Waals surface area contributed by atoms with Gasteiger partial charge in [0, 0.05) is 0 Å². The van der Waals surface area contributed by atoms with Crippen LogP contribution in [0.1, 0.15) is 11.3 Å². The van der Waals surface area contributed by atoms with E-state index >= 15 is 0 Å². The maximum atomic E-state index is 12.2. The van der Waals surface area contributed by atoms with Crippen LogP contribution in [0.2, 0.25) is 5.02 Å². The highest BCUT2D eigenvalue weighted by Gasteiger charge is 2.22. The second-order valence-electron chi connectivity index (χ2n) is 4.01. The van der Waals surface area contributed by atoms with E-state index in [0.717, 1.165) is 16.9 Å². The smallest absolute Gasteiger partial charge is 0.273 e. The molecule has 0 saturated heterocycles. The maximum absolute atomic E-state index is 12.2. The number of benzene rings is 1. The van der Waals surface area contributed by atoms with E-state index in [1.807, 2.05) is 6.92 Å². The third-order valence-electron chi connectivity index (χ3n) is 2.38. The number of nitrogens with one attached hydrogen (secondary N) is 1. The number of rotatable bonds is 3. The molecule has 19 heavy (non-hydrogen) atoms. The summed E-state index contributed by atoms with van der Waals surface area (Å²) in [6.45, 7) is 3.47. The Morgan fingerprint density at radius 2 is 2.05 bits per heavy atom. The molecule has 2 rings (SSSR count). The number of nitrogen functional groups attached to an aromatic ring is 1. The predicted molar refractivity (Wildman–Crippen MR) is 78.3 cm³/mol. The van der Waals surface area contributed by atoms with E-state index in [4.69, 9.17) is 17.3 Å². The first-order valence-electron chi connectivity index (χ1n) is 5.31. The maximum Gasteiger partial charge on any atom is 0.273 e. The van der Waals surface area contributed by atoms with Crippen LogP contribution in [-0.2, 0) is 10.0 Å². The molecule has 0 aliphatic heterocycles. The largest absolute Gasteiger partial charge is 0.375 e. The molecule has 0 aliphatic rings. The molecule has 0 fully saturated rings. The van der Waals surface area contributed by atoms with Gasteiger partial charge >= 0.3 is 0 Å². The van der Waals surface area contributed by atoms with Crippen molar-refractivity contribution in [3.8, 4) is 0 Å². The second kappa shape index (κ2) is 4.99. The van der Waals surface area contributed by atoms with Crippen molar-refractivity contribution in [1.29, 1.82) is 0 Å². The Morgan fingerprint density at radius 3 is 2.58 bits per heavy atom. The number of hydrogen-bond acceptors (Lipinski definition) is 5. The summed E-state index contributed by atoms with van der Waals surface area (Å²) >= 11 is 6.93. The first-order valence-corrected chi connectivity index (χ1v) is 7.99. The number of halogens is 1. The van der Waals surface area contributed by atoms with Crippen LogP contribution in [0.5, 0.6) is 0 Å². The van der Waals surface area contributed by atoms with Gasteiger partial charge in [-0.15, -0.1) is 0 Å². The average Bonchev–Trinajstić information content (AvgIpc) is 2.63. The first kappa shape index (κ1) is 14.1. The van der Waals surface area contributed by atoms with Gasteiger partial charge in [-0.2, -0.15) is 0 Å². The van der Waals surface area contributed by atoms with Crippen molar-refractivity contribution in [3.63, 3.8) is 0 Å². The van der Waals surface area contributed by atoms with Crippen molar-refractivity contribution in [2.75, 3.05) is 10.5 Å². The summed E-state index contributed by atoms with van der Waals surface area (Å²) in [6.07, 6.45) is 0. The van der Waals surface area contributed by atoms with E-state index in [9.17, 15) is 8.42 Å². The molecule has 0 saturated carbocycles. The lowest BCUT2D eigenvalue weighted by atomic mass is 10.2. The Labute approximate surface area is 120 Å². The van der Waals surface area contributed by atoms with Crippen molar-refractivity contribution < 1.29 is 8.42 Å². The molecule has 0 aliphatic carbocycles. The van der Waals surface area contributed by atoms with Crippen LogP contribution in [-0.4, -0.2) is 13.4 Å². The van der Waals surface area contributed by atoms with E-state index in [-0.39, 0.29) is 9.34 Å². The first-order chi connectivity index (χ1) is 8.79. The normalized spacial score (nSPS) is 11.5. The summed E-state index contributed by atoms with van der Waals surface area (Å²) in [7, 11) is -3.72. The topological polar surface area (TPSA) is 85.1 Å². The quantitative estimate of drug-likeness (QED) is 0.911. The van der Waals surface area contributed by atoms with Crippen LogP contribution >= 0.6 is 22.9 Å². The molecular weight excluding hydrogens is 306 g/mol. The highest BCUT2D eigenvalue weighted by atomic mass is 35.5. The molecule has 5 nitrogen and oxygen atoms in total. The summed E-state index contributed by atoms with van der Waals surface area (Å²) in [5.74, 6) is 0. The van der Waals surface area contributed by atoms with Crippen molar-refractivity contribution in [2.24, 2.45) is 0 Å². The van der Waals surface area contributed by atoms with E-state index in [1.54, 1.807) is 25.1 Å². The molecule has 0 radical (unpaired) electrons. The van der Waals surface area contributed by atoms with Gasteiger partial charge in [-0.1, -0.05) is 29.0 Å². The Balaban J connectivity index is 2.39. The van der Waals surface area contributed by atoms with Gasteiger partial charge in [0.15, 0.2) is 9.34 Å². The second-order valence-corrected chi connectivity index (χ2v) is 7.33. The van der Waals surface area contributed by atoms with Gasteiger partial charge in [-0.05, 0) is 31.5 Å². The van der Waals surface area contributed by atoms with E-state index < -0.39 is 10.0 Å². The van der Waals surface area contributed by atoms with Crippen LogP contribution in [0.3, 0.4) is 0 Å². The number of sulfonamides is 1. The van der Waals surface area contributed by atoms with Crippen molar-refractivity contribution >= 4 is 43.8 Å². The van der Waals surface area contributed by atoms with Crippen LogP contribution in [0.15, 0.2) is 22.4 Å². The molecule has 1 aromatic heterocycles. The summed E-state index contributed by atoms with van der Waals surface area (Å²) in [5, 5.41) is 0.562. The zero-order valence-electron chi connectivity index (χ0n) is 10.3. The third kappa shape index (κ3) is 2.99. The highest BCUT2D eigenvalue weighted by molar-refractivity contribution is 7.94. The number of anilines is 2. The number of thiazole rings is 1. The molecule has 0 unspecified atom stereocenters. The summed E-state index contributed by atoms with van der Waals surface area (Å²) in [5.41, 5.74) is 7.16. The molecule has 1 aromatic carbocycles. The minimum Gasteiger partial charge on any atom is -0.375 e. The lowest BCUT2D eigenvalue weighted by Gasteiger charge is -2.09. The van der Waals surface area contributed by atoms with Crippen molar-refractivity contribution in [3.05, 3.63) is 34.5 Å². The zero-order chi connectivity index (χ0) is 14.2. The summed E-state index contributed by atoms with van der Waals surface area (Å²) in [4.78, 5) is 3.90. The molecule has 8 heteroatoms. The van der Waals surface area contributed by atoms with Gasteiger partial charge in [0.05, 0.1) is 16.4 Å². The number of hydrogen-bond donors (Lipinski definition) is 2. The fraction of sp³-hybridized carbons (Fsp3) is 0.182. The van der Waals surface area contributed by atoms with Crippen LogP contribution in [0.4, 0.5) is 10.8 Å². The Morgan fingerprint density at radius 1 is 1.37 bits per heavy atom. The fourth-order valence-corrected chi connectivity index (χ4v) is 4.26. The molecule has 0 spiro atoms. The van der Waals surface area contributed by atoms with E-state index in [0.29, 0.717) is 16.4 Å². The van der Waals surface area contributed by atoms with E-state index in [1.165, 1.54) is 0 Å². The number of aryl methyl sites for hydroxylation is 2. The average molecular weight is 318 g/mol. The standard InChI is InChI=1S/C11H12ClN3O2S2/c1-6-3-4-9(8(12)5-6)15-19(16,17)10-7(2)14-11(13)18-10/h3-5,15H,1-2H3,(H2,13,14). The van der Waals surface area contributed by atoms with Crippen LogP contribution in [0.25, 0.3) is 0 Å². The molecule has 1 heterocycles. The monoisotopic (exact) mass is 317 g/mol. The minimum atomic E-state index is -3.72. The number of aromatic nitrogens is 1. The van der Waals surface area contributed by atoms with Crippen molar-refractivity contribution in [1.82, 2.24) is 4.98 Å². The lowest BCUT2D eigenvalue weighted by Crippen LogP contribution is -2.13. The van der Waals surface area contributed by atoms with Gasteiger partial charge in [0.2, 0.25) is 0 Å². The lowest BCUT2D eigenvalue weighted by molar-refractivity contribution is 0.602. The third-order valence-corrected chi connectivity index (χ3v) is 5.66. The number of nitrogens with two attached hydrogens (primary N) is 1. The zero-order valence-corrected chi connectivity index (χ0v) is 12.7. The summed E-state index contributed by atoms with van der Waals surface area (Å²) in [6, 6.07) is 5.08. The van der Waals surface area contributed by atoms with Gasteiger partial charge in [-0.25, -0.2) is 13.4 Å². The Hall–Kier alpha value is -1.31. The fourth-order valence-electron chi connectivity index (χ4n) is 1.55. The molecule has 0 amide bonds.